The summed E-state index contributed by atoms with van der Waals surface area (Å²) in [6, 6.07) is 1.67. The molecule has 7 heteroatoms. The van der Waals surface area contributed by atoms with Crippen LogP contribution in [-0.4, -0.2) is 41.8 Å². The minimum absolute atomic E-state index is 0.247. The minimum Gasteiger partial charge on any atom is -0.396 e. The van der Waals surface area contributed by atoms with Crippen LogP contribution in [0.3, 0.4) is 0 Å². The molecule has 0 fully saturated rings. The van der Waals surface area contributed by atoms with Crippen molar-refractivity contribution in [2.75, 3.05) is 42.3 Å². The van der Waals surface area contributed by atoms with Crippen molar-refractivity contribution in [3.05, 3.63) is 16.1 Å². The number of aliphatic hydroxyl groups excluding tert-OH is 1. The topological polar surface area (TPSA) is 57.2 Å². The van der Waals surface area contributed by atoms with E-state index in [0.717, 1.165) is 24.5 Å². The quantitative estimate of drug-likeness (QED) is 0.645. The van der Waals surface area contributed by atoms with E-state index in [0.29, 0.717) is 21.7 Å². The fourth-order valence-corrected chi connectivity index (χ4v) is 2.58. The Kier molecular flexibility index (Phi) is 7.58. The van der Waals surface area contributed by atoms with Crippen LogP contribution in [0.4, 0.5) is 11.6 Å². The Morgan fingerprint density at radius 1 is 1.28 bits per heavy atom. The summed E-state index contributed by atoms with van der Waals surface area (Å²) in [6.45, 7) is 1.02. The number of rotatable bonds is 8. The molecule has 0 saturated heterocycles. The molecule has 0 aliphatic heterocycles. The van der Waals surface area contributed by atoms with Crippen molar-refractivity contribution in [3.8, 4) is 0 Å². The molecule has 0 unspecified atom stereocenters. The van der Waals surface area contributed by atoms with E-state index in [-0.39, 0.29) is 6.61 Å². The smallest absolute Gasteiger partial charge is 0.147 e. The zero-order valence-electron chi connectivity index (χ0n) is 10.2. The van der Waals surface area contributed by atoms with Crippen molar-refractivity contribution in [1.29, 1.82) is 0 Å². The molecule has 102 valence electrons. The molecule has 0 aromatic carbocycles. The lowest BCUT2D eigenvalue weighted by molar-refractivity contribution is 0.296. The van der Waals surface area contributed by atoms with Crippen LogP contribution < -0.4 is 10.6 Å². The number of hydrogen-bond donors (Lipinski definition) is 3. The number of nitrogens with one attached hydrogen (secondary N) is 2. The molecule has 3 N–H and O–H groups in total. The monoisotopic (exact) mass is 309 g/mol. The zero-order valence-corrected chi connectivity index (χ0v) is 12.5. The van der Waals surface area contributed by atoms with Gasteiger partial charge in [0.15, 0.2) is 0 Å². The summed E-state index contributed by atoms with van der Waals surface area (Å²) in [4.78, 5) is 4.29. The highest BCUT2D eigenvalue weighted by Crippen LogP contribution is 2.28. The van der Waals surface area contributed by atoms with Crippen LogP contribution in [-0.2, 0) is 0 Å². The van der Waals surface area contributed by atoms with Crippen molar-refractivity contribution < 1.29 is 5.11 Å². The highest BCUT2D eigenvalue weighted by Gasteiger charge is 2.07. The van der Waals surface area contributed by atoms with Gasteiger partial charge in [-0.3, -0.25) is 0 Å². The molecule has 18 heavy (non-hydrogen) atoms. The van der Waals surface area contributed by atoms with Gasteiger partial charge in [0.1, 0.15) is 11.6 Å². The largest absolute Gasteiger partial charge is 0.396 e. The molecule has 0 aliphatic rings. The molecule has 0 saturated carbocycles. The number of aliphatic hydroxyl groups is 1. The predicted octanol–water partition coefficient (Wildman–Crippen LogP) is 2.96. The third kappa shape index (κ3) is 5.10. The number of aromatic nitrogens is 1. The van der Waals surface area contributed by atoms with Gasteiger partial charge in [0, 0.05) is 26.0 Å². The van der Waals surface area contributed by atoms with Crippen LogP contribution in [0, 0.1) is 0 Å². The van der Waals surface area contributed by atoms with Gasteiger partial charge in [-0.15, -0.1) is 0 Å². The average molecular weight is 310 g/mol. The first-order chi connectivity index (χ1) is 8.69. The normalized spacial score (nSPS) is 10.4. The van der Waals surface area contributed by atoms with Crippen molar-refractivity contribution >= 4 is 46.6 Å². The van der Waals surface area contributed by atoms with E-state index in [1.54, 1.807) is 24.9 Å². The molecular formula is C11H17Cl2N3OS. The highest BCUT2D eigenvalue weighted by atomic mass is 35.5. The second-order valence-corrected chi connectivity index (χ2v) is 5.55. The Morgan fingerprint density at radius 2 is 2.00 bits per heavy atom. The maximum Gasteiger partial charge on any atom is 0.147 e. The molecule has 0 amide bonds. The first kappa shape index (κ1) is 15.7. The van der Waals surface area contributed by atoms with E-state index in [2.05, 4.69) is 15.6 Å². The Labute approximate surface area is 121 Å². The van der Waals surface area contributed by atoms with E-state index < -0.39 is 0 Å². The van der Waals surface area contributed by atoms with E-state index in [1.165, 1.54) is 0 Å². The number of pyridine rings is 1. The summed E-state index contributed by atoms with van der Waals surface area (Å²) in [5.74, 6) is 3.14. The van der Waals surface area contributed by atoms with Crippen LogP contribution in [0.1, 0.15) is 6.42 Å². The van der Waals surface area contributed by atoms with E-state index in [9.17, 15) is 0 Å². The second-order valence-electron chi connectivity index (χ2n) is 3.52. The number of halogens is 2. The maximum absolute atomic E-state index is 8.64. The lowest BCUT2D eigenvalue weighted by Crippen LogP contribution is -2.08. The SMILES string of the molecule is CNc1nc(NCCSCCCO)c(Cl)cc1Cl. The molecule has 0 atom stereocenters. The number of nitrogens with zero attached hydrogens (tertiary/aromatic N) is 1. The minimum atomic E-state index is 0.247. The van der Waals surface area contributed by atoms with Crippen molar-refractivity contribution in [3.63, 3.8) is 0 Å². The molecule has 4 nitrogen and oxygen atoms in total. The van der Waals surface area contributed by atoms with Gasteiger partial charge in [0.05, 0.1) is 10.0 Å². The van der Waals surface area contributed by atoms with Crippen molar-refractivity contribution in [2.45, 2.75) is 6.42 Å². The third-order valence-corrected chi connectivity index (χ3v) is 3.80. The Balaban J connectivity index is 2.42. The lowest BCUT2D eigenvalue weighted by Gasteiger charge is -2.10. The summed E-state index contributed by atoms with van der Waals surface area (Å²) in [7, 11) is 1.76. The van der Waals surface area contributed by atoms with Gasteiger partial charge in [0.25, 0.3) is 0 Å². The van der Waals surface area contributed by atoms with E-state index >= 15 is 0 Å². The zero-order chi connectivity index (χ0) is 13.4. The van der Waals surface area contributed by atoms with Gasteiger partial charge >= 0.3 is 0 Å². The molecule has 0 aliphatic carbocycles. The fourth-order valence-electron chi connectivity index (χ4n) is 1.28. The van der Waals surface area contributed by atoms with Crippen LogP contribution in [0.5, 0.6) is 0 Å². The fraction of sp³-hybridized carbons (Fsp3) is 0.545. The van der Waals surface area contributed by atoms with Gasteiger partial charge in [-0.25, -0.2) is 4.98 Å². The molecule has 1 heterocycles. The molecule has 1 aromatic rings. The van der Waals surface area contributed by atoms with Gasteiger partial charge in [-0.1, -0.05) is 23.2 Å². The summed E-state index contributed by atoms with van der Waals surface area (Å²) < 4.78 is 0. The maximum atomic E-state index is 8.64. The first-order valence-corrected chi connectivity index (χ1v) is 7.56. The first-order valence-electron chi connectivity index (χ1n) is 5.65. The van der Waals surface area contributed by atoms with Crippen LogP contribution >= 0.6 is 35.0 Å². The summed E-state index contributed by atoms with van der Waals surface area (Å²) in [6.07, 6.45) is 0.828. The van der Waals surface area contributed by atoms with E-state index in [1.807, 2.05) is 0 Å². The van der Waals surface area contributed by atoms with Gasteiger partial charge in [-0.2, -0.15) is 11.8 Å². The summed E-state index contributed by atoms with van der Waals surface area (Å²) in [5.41, 5.74) is 0. The van der Waals surface area contributed by atoms with Crippen molar-refractivity contribution in [1.82, 2.24) is 4.98 Å². The van der Waals surface area contributed by atoms with E-state index in [4.69, 9.17) is 28.3 Å². The molecule has 0 radical (unpaired) electrons. The molecule has 0 bridgehead atoms. The van der Waals surface area contributed by atoms with Gasteiger partial charge < -0.3 is 15.7 Å². The average Bonchev–Trinajstić information content (AvgIpc) is 2.36. The molecule has 0 spiro atoms. The standard InChI is InChI=1S/C11H17Cl2N3OS/c1-14-10-8(12)7-9(13)11(16-10)15-3-6-18-5-2-4-17/h7,17H,2-6H2,1H3,(H2,14,15,16). The summed E-state index contributed by atoms with van der Waals surface area (Å²) in [5, 5.41) is 15.7. The third-order valence-electron chi connectivity index (χ3n) is 2.15. The predicted molar refractivity (Wildman–Crippen MR) is 81.3 cm³/mol. The molecule has 1 aromatic heterocycles. The molecular weight excluding hydrogens is 293 g/mol. The summed E-state index contributed by atoms with van der Waals surface area (Å²) >= 11 is 13.8. The number of anilines is 2. The van der Waals surface area contributed by atoms with Crippen LogP contribution in [0.2, 0.25) is 10.0 Å². The number of hydrogen-bond acceptors (Lipinski definition) is 5. The Bertz CT molecular complexity index is 380. The second kappa shape index (κ2) is 8.69. The highest BCUT2D eigenvalue weighted by molar-refractivity contribution is 7.99. The Hall–Kier alpha value is -0.360. The Morgan fingerprint density at radius 3 is 2.67 bits per heavy atom. The number of thioether (sulfide) groups is 1. The molecule has 1 rings (SSSR count). The lowest BCUT2D eigenvalue weighted by atomic mass is 10.4. The van der Waals surface area contributed by atoms with Crippen molar-refractivity contribution in [2.24, 2.45) is 0 Å². The van der Waals surface area contributed by atoms with Crippen LogP contribution in [0.15, 0.2) is 6.07 Å². The van der Waals surface area contributed by atoms with Gasteiger partial charge in [-0.05, 0) is 18.2 Å². The van der Waals surface area contributed by atoms with Crippen LogP contribution in [0.25, 0.3) is 0 Å². The van der Waals surface area contributed by atoms with Gasteiger partial charge in [0.2, 0.25) is 0 Å².